The van der Waals surface area contributed by atoms with Crippen LogP contribution in [0.1, 0.15) is 75.8 Å². The smallest absolute Gasteiger partial charge is 0.176 e. The van der Waals surface area contributed by atoms with E-state index in [-0.39, 0.29) is 29.9 Å². The number of hydrogen-bond acceptors (Lipinski definition) is 2. The zero-order chi connectivity index (χ0) is 28.5. The number of benzene rings is 3. The summed E-state index contributed by atoms with van der Waals surface area (Å²) in [6.07, 6.45) is 11.4. The molecule has 0 spiro atoms. The van der Waals surface area contributed by atoms with Gasteiger partial charge in [0.25, 0.3) is 0 Å². The van der Waals surface area contributed by atoms with Crippen molar-refractivity contribution in [2.24, 2.45) is 0 Å². The van der Waals surface area contributed by atoms with E-state index in [1.54, 1.807) is 48.5 Å². The lowest BCUT2D eigenvalue weighted by Gasteiger charge is -2.28. The Kier molecular flexibility index (Phi) is 11.0. The Labute approximate surface area is 235 Å². The van der Waals surface area contributed by atoms with Gasteiger partial charge in [-0.1, -0.05) is 100 Å². The standard InChI is InChI=1S/C34H38F4O2/c1-3-5-6-7-8-9-10-12-25-17-18-27(32(36)31(25)35)23-13-15-24(16-14-23)28-19-20-29(34(38)33(28)37)26-21-39-30(11-4-2)40-22-26/h4,11,13-20,26,30H,3,5-10,12,21-22H2,1-2H3. The molecule has 0 bridgehead atoms. The summed E-state index contributed by atoms with van der Waals surface area (Å²) < 4.78 is 71.1. The number of ether oxygens (including phenoxy) is 2. The van der Waals surface area contributed by atoms with Crippen molar-refractivity contribution >= 4 is 0 Å². The third-order valence-corrected chi connectivity index (χ3v) is 7.54. The van der Waals surface area contributed by atoms with Crippen molar-refractivity contribution in [3.05, 3.63) is 95.1 Å². The molecule has 2 nitrogen and oxygen atoms in total. The Hall–Kier alpha value is -2.96. The topological polar surface area (TPSA) is 18.5 Å². The van der Waals surface area contributed by atoms with E-state index in [1.165, 1.54) is 31.7 Å². The summed E-state index contributed by atoms with van der Waals surface area (Å²) in [5, 5.41) is 0. The van der Waals surface area contributed by atoms with Crippen LogP contribution >= 0.6 is 0 Å². The average Bonchev–Trinajstić information content (AvgIpc) is 2.97. The van der Waals surface area contributed by atoms with Crippen LogP contribution in [0.2, 0.25) is 0 Å². The highest BCUT2D eigenvalue weighted by molar-refractivity contribution is 5.71. The maximum Gasteiger partial charge on any atom is 0.176 e. The lowest BCUT2D eigenvalue weighted by Crippen LogP contribution is -2.30. The summed E-state index contributed by atoms with van der Waals surface area (Å²) in [6.45, 7) is 4.47. The van der Waals surface area contributed by atoms with Gasteiger partial charge in [-0.15, -0.1) is 0 Å². The zero-order valence-corrected chi connectivity index (χ0v) is 23.3. The predicted octanol–water partition coefficient (Wildman–Crippen LogP) is 9.90. The minimum absolute atomic E-state index is 0.0916. The van der Waals surface area contributed by atoms with E-state index in [1.807, 2.05) is 13.0 Å². The van der Waals surface area contributed by atoms with Crippen molar-refractivity contribution in [2.75, 3.05) is 13.2 Å². The van der Waals surface area contributed by atoms with E-state index >= 15 is 8.78 Å². The van der Waals surface area contributed by atoms with Gasteiger partial charge in [-0.3, -0.25) is 0 Å². The fourth-order valence-electron chi connectivity index (χ4n) is 5.18. The van der Waals surface area contributed by atoms with Crippen molar-refractivity contribution in [3.63, 3.8) is 0 Å². The van der Waals surface area contributed by atoms with Crippen LogP contribution < -0.4 is 0 Å². The van der Waals surface area contributed by atoms with Gasteiger partial charge in [-0.05, 0) is 48.1 Å². The number of aryl methyl sites for hydroxylation is 1. The first-order valence-electron chi connectivity index (χ1n) is 14.4. The lowest BCUT2D eigenvalue weighted by molar-refractivity contribution is -0.159. The van der Waals surface area contributed by atoms with E-state index in [2.05, 4.69) is 6.92 Å². The van der Waals surface area contributed by atoms with Crippen molar-refractivity contribution in [2.45, 2.75) is 77.4 Å². The first-order valence-corrected chi connectivity index (χ1v) is 14.4. The molecule has 1 aliphatic heterocycles. The third-order valence-electron chi connectivity index (χ3n) is 7.54. The van der Waals surface area contributed by atoms with E-state index in [0.717, 1.165) is 19.3 Å². The quantitative estimate of drug-likeness (QED) is 0.126. The Balaban J connectivity index is 1.42. The Morgan fingerprint density at radius 1 is 0.675 bits per heavy atom. The van der Waals surface area contributed by atoms with Crippen LogP contribution in [0, 0.1) is 23.3 Å². The van der Waals surface area contributed by atoms with Gasteiger partial charge in [0.2, 0.25) is 0 Å². The van der Waals surface area contributed by atoms with Gasteiger partial charge >= 0.3 is 0 Å². The van der Waals surface area contributed by atoms with Crippen LogP contribution in [-0.2, 0) is 15.9 Å². The van der Waals surface area contributed by atoms with Gasteiger partial charge in [0.1, 0.15) is 0 Å². The SMILES string of the molecule is CC=CC1OCC(c2ccc(-c3ccc(-c4ccc(CCCCCCCCC)c(F)c4F)cc3)c(F)c2F)CO1. The van der Waals surface area contributed by atoms with Crippen LogP contribution in [-0.4, -0.2) is 19.5 Å². The van der Waals surface area contributed by atoms with Crippen LogP contribution in [0.5, 0.6) is 0 Å². The monoisotopic (exact) mass is 554 g/mol. The minimum atomic E-state index is -0.965. The fraction of sp³-hybridized carbons (Fsp3) is 0.412. The van der Waals surface area contributed by atoms with E-state index < -0.39 is 35.5 Å². The van der Waals surface area contributed by atoms with E-state index in [0.29, 0.717) is 23.1 Å². The van der Waals surface area contributed by atoms with Crippen molar-refractivity contribution < 1.29 is 27.0 Å². The fourth-order valence-corrected chi connectivity index (χ4v) is 5.18. The molecule has 0 aliphatic carbocycles. The molecule has 40 heavy (non-hydrogen) atoms. The summed E-state index contributed by atoms with van der Waals surface area (Å²) in [5.74, 6) is -4.02. The van der Waals surface area contributed by atoms with Crippen molar-refractivity contribution in [1.82, 2.24) is 0 Å². The second-order valence-corrected chi connectivity index (χ2v) is 10.4. The molecule has 0 saturated carbocycles. The molecule has 1 aliphatic rings. The van der Waals surface area contributed by atoms with Gasteiger partial charge in [0.05, 0.1) is 13.2 Å². The molecule has 0 unspecified atom stereocenters. The molecule has 1 fully saturated rings. The van der Waals surface area contributed by atoms with E-state index in [9.17, 15) is 8.78 Å². The molecule has 0 atom stereocenters. The van der Waals surface area contributed by atoms with Gasteiger partial charge in [0.15, 0.2) is 29.6 Å². The van der Waals surface area contributed by atoms with Gasteiger partial charge in [-0.25, -0.2) is 17.6 Å². The third kappa shape index (κ3) is 7.21. The summed E-state index contributed by atoms with van der Waals surface area (Å²) in [5.41, 5.74) is 1.72. The number of unbranched alkanes of at least 4 members (excludes halogenated alkanes) is 6. The zero-order valence-electron chi connectivity index (χ0n) is 23.3. The first kappa shape index (κ1) is 30.0. The van der Waals surface area contributed by atoms with Gasteiger partial charge < -0.3 is 9.47 Å². The molecule has 0 N–H and O–H groups in total. The summed E-state index contributed by atoms with van der Waals surface area (Å²) in [6, 6.07) is 12.7. The molecule has 214 valence electrons. The summed E-state index contributed by atoms with van der Waals surface area (Å²) >= 11 is 0. The van der Waals surface area contributed by atoms with Crippen molar-refractivity contribution in [1.29, 1.82) is 0 Å². The molecule has 4 rings (SSSR count). The van der Waals surface area contributed by atoms with Crippen LogP contribution in [0.3, 0.4) is 0 Å². The highest BCUT2D eigenvalue weighted by atomic mass is 19.2. The maximum atomic E-state index is 15.1. The highest BCUT2D eigenvalue weighted by Crippen LogP contribution is 2.34. The molecule has 0 amide bonds. The van der Waals surface area contributed by atoms with Crippen LogP contribution in [0.25, 0.3) is 22.3 Å². The number of hydrogen-bond donors (Lipinski definition) is 0. The van der Waals surface area contributed by atoms with Crippen LogP contribution in [0.4, 0.5) is 17.6 Å². The second kappa shape index (κ2) is 14.6. The van der Waals surface area contributed by atoms with Crippen LogP contribution in [0.15, 0.2) is 60.7 Å². The Bertz CT molecular complexity index is 1280. The normalized spacial score (nSPS) is 17.6. The van der Waals surface area contributed by atoms with E-state index in [4.69, 9.17) is 9.47 Å². The first-order chi connectivity index (χ1) is 19.4. The molecule has 3 aromatic rings. The largest absolute Gasteiger partial charge is 0.348 e. The Morgan fingerprint density at radius 3 is 1.82 bits per heavy atom. The molecule has 3 aromatic carbocycles. The predicted molar refractivity (Wildman–Crippen MR) is 152 cm³/mol. The second-order valence-electron chi connectivity index (χ2n) is 10.4. The maximum absolute atomic E-state index is 15.1. The number of halogens is 4. The number of allylic oxidation sites excluding steroid dienone is 1. The highest BCUT2D eigenvalue weighted by Gasteiger charge is 2.27. The molecule has 6 heteroatoms. The molecular weight excluding hydrogens is 516 g/mol. The van der Waals surface area contributed by atoms with Crippen molar-refractivity contribution in [3.8, 4) is 22.3 Å². The minimum Gasteiger partial charge on any atom is -0.348 e. The van der Waals surface area contributed by atoms with Gasteiger partial charge in [0, 0.05) is 17.0 Å². The Morgan fingerprint density at radius 2 is 1.23 bits per heavy atom. The number of rotatable bonds is 12. The molecule has 0 radical (unpaired) electrons. The molecule has 0 aromatic heterocycles. The average molecular weight is 555 g/mol. The summed E-state index contributed by atoms with van der Waals surface area (Å²) in [4.78, 5) is 0. The molecule has 1 heterocycles. The molecular formula is C34H38F4O2. The summed E-state index contributed by atoms with van der Waals surface area (Å²) in [7, 11) is 0. The van der Waals surface area contributed by atoms with Gasteiger partial charge in [-0.2, -0.15) is 0 Å². The molecule has 1 saturated heterocycles. The lowest BCUT2D eigenvalue weighted by atomic mass is 9.94.